The summed E-state index contributed by atoms with van der Waals surface area (Å²) in [7, 11) is 1.60. The SMILES string of the molecule is COCCNC(=O)c1cccnc1SC. The molecule has 0 atom stereocenters. The van der Waals surface area contributed by atoms with E-state index >= 15 is 0 Å². The van der Waals surface area contributed by atoms with Gasteiger partial charge in [0.2, 0.25) is 0 Å². The number of amides is 1. The molecule has 0 fully saturated rings. The van der Waals surface area contributed by atoms with E-state index in [0.29, 0.717) is 18.7 Å². The Morgan fingerprint density at radius 3 is 3.13 bits per heavy atom. The average molecular weight is 226 g/mol. The van der Waals surface area contributed by atoms with Crippen LogP contribution in [-0.4, -0.2) is 37.4 Å². The molecule has 0 aliphatic rings. The normalized spacial score (nSPS) is 10.0. The Kier molecular flexibility index (Phi) is 5.14. The van der Waals surface area contributed by atoms with Gasteiger partial charge in [0.1, 0.15) is 5.03 Å². The summed E-state index contributed by atoms with van der Waals surface area (Å²) in [6.07, 6.45) is 3.58. The topological polar surface area (TPSA) is 51.2 Å². The van der Waals surface area contributed by atoms with Gasteiger partial charge in [-0.05, 0) is 18.4 Å². The van der Waals surface area contributed by atoms with Crippen molar-refractivity contribution in [2.45, 2.75) is 5.03 Å². The smallest absolute Gasteiger partial charge is 0.254 e. The van der Waals surface area contributed by atoms with Crippen LogP contribution in [0.2, 0.25) is 0 Å². The molecule has 0 aliphatic heterocycles. The lowest BCUT2D eigenvalue weighted by Crippen LogP contribution is -2.27. The maximum Gasteiger partial charge on any atom is 0.254 e. The van der Waals surface area contributed by atoms with Crippen LogP contribution in [-0.2, 0) is 4.74 Å². The van der Waals surface area contributed by atoms with E-state index in [-0.39, 0.29) is 5.91 Å². The van der Waals surface area contributed by atoms with E-state index in [4.69, 9.17) is 4.74 Å². The predicted octanol–water partition coefficient (Wildman–Crippen LogP) is 1.18. The molecule has 0 aliphatic carbocycles. The monoisotopic (exact) mass is 226 g/mol. The van der Waals surface area contributed by atoms with E-state index in [2.05, 4.69) is 10.3 Å². The molecule has 1 aromatic rings. The van der Waals surface area contributed by atoms with Crippen LogP contribution in [0.3, 0.4) is 0 Å². The summed E-state index contributed by atoms with van der Waals surface area (Å²) in [4.78, 5) is 15.8. The van der Waals surface area contributed by atoms with E-state index in [1.807, 2.05) is 6.26 Å². The maximum absolute atomic E-state index is 11.7. The highest BCUT2D eigenvalue weighted by molar-refractivity contribution is 7.98. The van der Waals surface area contributed by atoms with Crippen LogP contribution in [0.4, 0.5) is 0 Å². The fraction of sp³-hybridized carbons (Fsp3) is 0.400. The van der Waals surface area contributed by atoms with Gasteiger partial charge in [0.15, 0.2) is 0 Å². The molecule has 0 radical (unpaired) electrons. The largest absolute Gasteiger partial charge is 0.383 e. The zero-order valence-corrected chi connectivity index (χ0v) is 9.63. The number of hydrogen-bond donors (Lipinski definition) is 1. The minimum absolute atomic E-state index is 0.107. The highest BCUT2D eigenvalue weighted by atomic mass is 32.2. The van der Waals surface area contributed by atoms with Crippen molar-refractivity contribution in [3.05, 3.63) is 23.9 Å². The highest BCUT2D eigenvalue weighted by Crippen LogP contribution is 2.16. The molecule has 0 aromatic carbocycles. The fourth-order valence-electron chi connectivity index (χ4n) is 1.09. The maximum atomic E-state index is 11.7. The zero-order chi connectivity index (χ0) is 11.1. The molecular formula is C10H14N2O2S. The number of hydrogen-bond acceptors (Lipinski definition) is 4. The van der Waals surface area contributed by atoms with Gasteiger partial charge in [-0.25, -0.2) is 4.98 Å². The van der Waals surface area contributed by atoms with E-state index in [9.17, 15) is 4.79 Å². The number of nitrogens with one attached hydrogen (secondary N) is 1. The molecule has 82 valence electrons. The Balaban J connectivity index is 2.64. The summed E-state index contributed by atoms with van der Waals surface area (Å²) >= 11 is 1.46. The van der Waals surface area contributed by atoms with Crippen LogP contribution in [0.25, 0.3) is 0 Å². The van der Waals surface area contributed by atoms with Gasteiger partial charge >= 0.3 is 0 Å². The standard InChI is InChI=1S/C10H14N2O2S/c1-14-7-6-11-9(13)8-4-3-5-12-10(8)15-2/h3-5H,6-7H2,1-2H3,(H,11,13). The number of carbonyl (C=O) groups excluding carboxylic acids is 1. The number of rotatable bonds is 5. The van der Waals surface area contributed by atoms with Gasteiger partial charge < -0.3 is 10.1 Å². The molecule has 1 heterocycles. The number of carbonyl (C=O) groups is 1. The number of methoxy groups -OCH3 is 1. The average Bonchev–Trinajstić information content (AvgIpc) is 2.29. The van der Waals surface area contributed by atoms with Gasteiger partial charge in [0.25, 0.3) is 5.91 Å². The van der Waals surface area contributed by atoms with Crippen molar-refractivity contribution in [1.82, 2.24) is 10.3 Å². The molecule has 1 aromatic heterocycles. The highest BCUT2D eigenvalue weighted by Gasteiger charge is 2.10. The van der Waals surface area contributed by atoms with Gasteiger partial charge in [-0.1, -0.05) is 0 Å². The third kappa shape index (κ3) is 3.53. The first-order chi connectivity index (χ1) is 7.29. The summed E-state index contributed by atoms with van der Waals surface area (Å²) in [6, 6.07) is 3.52. The third-order valence-corrected chi connectivity index (χ3v) is 2.51. The molecular weight excluding hydrogens is 212 g/mol. The van der Waals surface area contributed by atoms with Gasteiger partial charge in [0.05, 0.1) is 12.2 Å². The minimum Gasteiger partial charge on any atom is -0.383 e. The number of thioether (sulfide) groups is 1. The lowest BCUT2D eigenvalue weighted by molar-refractivity contribution is 0.0933. The van der Waals surface area contributed by atoms with Crippen LogP contribution in [0.15, 0.2) is 23.4 Å². The second-order valence-electron chi connectivity index (χ2n) is 2.81. The molecule has 1 rings (SSSR count). The molecule has 0 saturated heterocycles. The van der Waals surface area contributed by atoms with Crippen LogP contribution in [0.1, 0.15) is 10.4 Å². The van der Waals surface area contributed by atoms with Crippen LogP contribution >= 0.6 is 11.8 Å². The van der Waals surface area contributed by atoms with E-state index in [1.54, 1.807) is 25.4 Å². The first kappa shape index (κ1) is 12.0. The van der Waals surface area contributed by atoms with E-state index in [1.165, 1.54) is 11.8 Å². The first-order valence-corrected chi connectivity index (χ1v) is 5.78. The molecule has 4 nitrogen and oxygen atoms in total. The van der Waals surface area contributed by atoms with Crippen LogP contribution in [0.5, 0.6) is 0 Å². The Hall–Kier alpha value is -1.07. The summed E-state index contributed by atoms with van der Waals surface area (Å²) in [5.41, 5.74) is 0.612. The van der Waals surface area contributed by atoms with Gasteiger partial charge in [-0.2, -0.15) is 0 Å². The van der Waals surface area contributed by atoms with E-state index in [0.717, 1.165) is 5.03 Å². The van der Waals surface area contributed by atoms with Crippen molar-refractivity contribution >= 4 is 17.7 Å². The molecule has 0 spiro atoms. The fourth-order valence-corrected chi connectivity index (χ4v) is 1.64. The predicted molar refractivity (Wildman–Crippen MR) is 60.2 cm³/mol. The minimum atomic E-state index is -0.107. The molecule has 5 heteroatoms. The first-order valence-electron chi connectivity index (χ1n) is 4.55. The number of ether oxygens (including phenoxy) is 1. The summed E-state index contributed by atoms with van der Waals surface area (Å²) in [6.45, 7) is 1.03. The van der Waals surface area contributed by atoms with Crippen LogP contribution in [0, 0.1) is 0 Å². The summed E-state index contributed by atoms with van der Waals surface area (Å²) < 4.78 is 4.85. The second-order valence-corrected chi connectivity index (χ2v) is 3.60. The Morgan fingerprint density at radius 2 is 2.47 bits per heavy atom. The lowest BCUT2D eigenvalue weighted by Gasteiger charge is -2.06. The zero-order valence-electron chi connectivity index (χ0n) is 8.82. The quantitative estimate of drug-likeness (QED) is 0.605. The van der Waals surface area contributed by atoms with Crippen molar-refractivity contribution in [3.8, 4) is 0 Å². The molecule has 1 N–H and O–H groups in total. The number of aromatic nitrogens is 1. The van der Waals surface area contributed by atoms with Crippen molar-refractivity contribution in [3.63, 3.8) is 0 Å². The summed E-state index contributed by atoms with van der Waals surface area (Å²) in [5.74, 6) is -0.107. The van der Waals surface area contributed by atoms with Crippen molar-refractivity contribution in [1.29, 1.82) is 0 Å². The van der Waals surface area contributed by atoms with Gasteiger partial charge in [-0.15, -0.1) is 11.8 Å². The summed E-state index contributed by atoms with van der Waals surface area (Å²) in [5, 5.41) is 3.50. The molecule has 15 heavy (non-hydrogen) atoms. The second kappa shape index (κ2) is 6.42. The number of pyridine rings is 1. The molecule has 0 unspecified atom stereocenters. The van der Waals surface area contributed by atoms with Crippen molar-refractivity contribution in [2.24, 2.45) is 0 Å². The molecule has 0 saturated carbocycles. The van der Waals surface area contributed by atoms with E-state index < -0.39 is 0 Å². The van der Waals surface area contributed by atoms with Crippen LogP contribution < -0.4 is 5.32 Å². The molecule has 0 bridgehead atoms. The van der Waals surface area contributed by atoms with Crippen molar-refractivity contribution in [2.75, 3.05) is 26.5 Å². The Labute approximate surface area is 93.4 Å². The van der Waals surface area contributed by atoms with Gasteiger partial charge in [-0.3, -0.25) is 4.79 Å². The Bertz CT molecular complexity index is 331. The Morgan fingerprint density at radius 1 is 1.67 bits per heavy atom. The lowest BCUT2D eigenvalue weighted by atomic mass is 10.3. The number of nitrogens with zero attached hydrogens (tertiary/aromatic N) is 1. The molecule has 1 amide bonds. The van der Waals surface area contributed by atoms with Gasteiger partial charge in [0, 0.05) is 19.9 Å². The van der Waals surface area contributed by atoms with Crippen molar-refractivity contribution < 1.29 is 9.53 Å². The third-order valence-electron chi connectivity index (χ3n) is 1.80.